The Kier molecular flexibility index (Phi) is 4.24. The van der Waals surface area contributed by atoms with Crippen molar-refractivity contribution >= 4 is 29.3 Å². The molecule has 8 heteroatoms. The van der Waals surface area contributed by atoms with E-state index in [4.69, 9.17) is 22.4 Å². The number of carboxylic acid groups (broad SMARTS) is 2. The van der Waals surface area contributed by atoms with Gasteiger partial charge in [0.05, 0.1) is 24.2 Å². The summed E-state index contributed by atoms with van der Waals surface area (Å²) in [6.07, 6.45) is -1.18. The second-order valence-electron chi connectivity index (χ2n) is 3.99. The van der Waals surface area contributed by atoms with Gasteiger partial charge in [-0.25, -0.2) is 0 Å². The number of hydrogen-bond donors (Lipinski definition) is 5. The summed E-state index contributed by atoms with van der Waals surface area (Å²) >= 11 is 4.92. The first-order chi connectivity index (χ1) is 7.82. The molecule has 0 bridgehead atoms. The summed E-state index contributed by atoms with van der Waals surface area (Å²) in [4.78, 5) is 21.7. The molecular weight excluding hydrogens is 246 g/mol. The maximum Gasteiger partial charge on any atom is 0.309 e. The normalized spacial score (nSPS) is 27.5. The molecule has 4 unspecified atom stereocenters. The number of carboxylic acids is 2. The molecule has 0 aromatic rings. The maximum absolute atomic E-state index is 10.9. The fraction of sp³-hybridized carbons (Fsp3) is 0.667. The van der Waals surface area contributed by atoms with E-state index in [1.165, 1.54) is 13.8 Å². The molecule has 0 aromatic heterocycles. The van der Waals surface area contributed by atoms with Gasteiger partial charge in [0.15, 0.2) is 5.11 Å². The van der Waals surface area contributed by atoms with Crippen molar-refractivity contribution in [1.29, 1.82) is 0 Å². The van der Waals surface area contributed by atoms with Gasteiger partial charge in [-0.1, -0.05) is 0 Å². The van der Waals surface area contributed by atoms with Crippen molar-refractivity contribution in [3.63, 3.8) is 0 Å². The Hall–Kier alpha value is -1.41. The van der Waals surface area contributed by atoms with Gasteiger partial charge in [-0.2, -0.15) is 0 Å². The minimum Gasteiger partial charge on any atom is -0.481 e. The van der Waals surface area contributed by atoms with Crippen LogP contribution in [0.3, 0.4) is 0 Å². The van der Waals surface area contributed by atoms with Gasteiger partial charge in [0.2, 0.25) is 0 Å². The molecule has 0 aromatic carbocycles. The molecule has 0 saturated carbocycles. The summed E-state index contributed by atoms with van der Waals surface area (Å²) in [6.45, 7) is 3.03. The van der Waals surface area contributed by atoms with Crippen molar-refractivity contribution in [2.45, 2.75) is 26.2 Å². The van der Waals surface area contributed by atoms with Gasteiger partial charge in [-0.05, 0) is 26.1 Å². The molecule has 0 radical (unpaired) electrons. The third kappa shape index (κ3) is 3.27. The molecule has 5 N–H and O–H groups in total. The molecule has 7 nitrogen and oxygen atoms in total. The number of carbonyl (C=O) groups is 2. The Labute approximate surface area is 104 Å². The van der Waals surface area contributed by atoms with Crippen molar-refractivity contribution < 1.29 is 19.8 Å². The SMILES string of the molecule is CC(C(=O)O)C1NC(=S)NC(C(C)C(=O)O)N1. The van der Waals surface area contributed by atoms with Crippen LogP contribution in [0.15, 0.2) is 0 Å². The highest BCUT2D eigenvalue weighted by atomic mass is 32.1. The van der Waals surface area contributed by atoms with Crippen LogP contribution < -0.4 is 16.0 Å². The molecule has 17 heavy (non-hydrogen) atoms. The molecule has 1 aliphatic heterocycles. The summed E-state index contributed by atoms with van der Waals surface area (Å²) in [5.74, 6) is -3.42. The Morgan fingerprint density at radius 2 is 1.47 bits per heavy atom. The second-order valence-corrected chi connectivity index (χ2v) is 4.40. The van der Waals surface area contributed by atoms with Crippen molar-refractivity contribution in [2.24, 2.45) is 11.8 Å². The van der Waals surface area contributed by atoms with Crippen LogP contribution in [0, 0.1) is 11.8 Å². The summed E-state index contributed by atoms with van der Waals surface area (Å²) < 4.78 is 0. The predicted octanol–water partition coefficient (Wildman–Crippen LogP) is -0.853. The first kappa shape index (κ1) is 13.7. The monoisotopic (exact) mass is 261 g/mol. The van der Waals surface area contributed by atoms with Gasteiger partial charge >= 0.3 is 11.9 Å². The third-order valence-electron chi connectivity index (χ3n) is 2.71. The zero-order valence-corrected chi connectivity index (χ0v) is 10.2. The van der Waals surface area contributed by atoms with Crippen molar-refractivity contribution in [1.82, 2.24) is 16.0 Å². The van der Waals surface area contributed by atoms with Gasteiger partial charge in [-0.3, -0.25) is 14.9 Å². The topological polar surface area (TPSA) is 111 Å². The first-order valence-electron chi connectivity index (χ1n) is 5.11. The molecule has 0 aliphatic carbocycles. The number of hydrogen-bond acceptors (Lipinski definition) is 4. The van der Waals surface area contributed by atoms with Crippen LogP contribution in [0.25, 0.3) is 0 Å². The van der Waals surface area contributed by atoms with Crippen LogP contribution in [0.2, 0.25) is 0 Å². The largest absolute Gasteiger partial charge is 0.481 e. The molecule has 1 rings (SSSR count). The quantitative estimate of drug-likeness (QED) is 0.416. The minimum absolute atomic E-state index is 0.250. The fourth-order valence-corrected chi connectivity index (χ4v) is 1.68. The first-order valence-corrected chi connectivity index (χ1v) is 5.52. The highest BCUT2D eigenvalue weighted by molar-refractivity contribution is 7.80. The Bertz CT molecular complexity index is 319. The standard InChI is InChI=1S/C9H15N3O4S/c1-3(7(13)14)5-10-6(4(2)8(15)16)12-9(17)11-5/h3-6,10H,1-2H3,(H,13,14)(H,15,16)(H2,11,12,17). The van der Waals surface area contributed by atoms with E-state index in [1.54, 1.807) is 0 Å². The molecular formula is C9H15N3O4S. The van der Waals surface area contributed by atoms with E-state index in [9.17, 15) is 9.59 Å². The zero-order valence-electron chi connectivity index (χ0n) is 9.43. The summed E-state index contributed by atoms with van der Waals surface area (Å²) in [6, 6.07) is 0. The lowest BCUT2D eigenvalue weighted by Crippen LogP contribution is -2.69. The summed E-state index contributed by atoms with van der Waals surface area (Å²) in [7, 11) is 0. The third-order valence-corrected chi connectivity index (χ3v) is 2.95. The molecule has 1 aliphatic rings. The highest BCUT2D eigenvalue weighted by Crippen LogP contribution is 2.09. The zero-order chi connectivity index (χ0) is 13.2. The van der Waals surface area contributed by atoms with Crippen molar-refractivity contribution in [3.05, 3.63) is 0 Å². The molecule has 96 valence electrons. The van der Waals surface area contributed by atoms with E-state index in [2.05, 4.69) is 16.0 Å². The molecule has 1 fully saturated rings. The van der Waals surface area contributed by atoms with E-state index in [-0.39, 0.29) is 5.11 Å². The lowest BCUT2D eigenvalue weighted by molar-refractivity contribution is -0.143. The molecule has 0 spiro atoms. The molecule has 4 atom stereocenters. The van der Waals surface area contributed by atoms with Gasteiger partial charge in [-0.15, -0.1) is 0 Å². The lowest BCUT2D eigenvalue weighted by atomic mass is 10.0. The van der Waals surface area contributed by atoms with Crippen LogP contribution in [0.1, 0.15) is 13.8 Å². The minimum atomic E-state index is -0.985. The van der Waals surface area contributed by atoms with Crippen molar-refractivity contribution in [2.75, 3.05) is 0 Å². The molecule has 0 amide bonds. The van der Waals surface area contributed by atoms with Crippen LogP contribution in [-0.4, -0.2) is 39.6 Å². The maximum atomic E-state index is 10.9. The van der Waals surface area contributed by atoms with Gasteiger partial charge in [0.25, 0.3) is 0 Å². The predicted molar refractivity (Wildman–Crippen MR) is 63.2 cm³/mol. The highest BCUT2D eigenvalue weighted by Gasteiger charge is 2.34. The lowest BCUT2D eigenvalue weighted by Gasteiger charge is -2.37. The number of nitrogens with one attached hydrogen (secondary N) is 3. The smallest absolute Gasteiger partial charge is 0.309 e. The second kappa shape index (κ2) is 5.28. The average molecular weight is 261 g/mol. The average Bonchev–Trinajstić information content (AvgIpc) is 2.25. The number of rotatable bonds is 4. The molecule has 1 saturated heterocycles. The number of aliphatic carboxylic acids is 2. The van der Waals surface area contributed by atoms with Gasteiger partial charge < -0.3 is 20.8 Å². The van der Waals surface area contributed by atoms with Crippen LogP contribution >= 0.6 is 12.2 Å². The van der Waals surface area contributed by atoms with Crippen molar-refractivity contribution in [3.8, 4) is 0 Å². The Morgan fingerprint density at radius 3 is 1.76 bits per heavy atom. The van der Waals surface area contributed by atoms with E-state index in [0.29, 0.717) is 0 Å². The Morgan fingerprint density at radius 1 is 1.12 bits per heavy atom. The van der Waals surface area contributed by atoms with E-state index < -0.39 is 36.1 Å². The fourth-order valence-electron chi connectivity index (χ4n) is 1.42. The van der Waals surface area contributed by atoms with Gasteiger partial charge in [0.1, 0.15) is 0 Å². The summed E-state index contributed by atoms with van der Waals surface area (Å²) in [5.41, 5.74) is 0. The van der Waals surface area contributed by atoms with Gasteiger partial charge in [0, 0.05) is 0 Å². The molecule has 1 heterocycles. The van der Waals surface area contributed by atoms with Crippen LogP contribution in [-0.2, 0) is 9.59 Å². The number of thiocarbonyl (C=S) groups is 1. The Balaban J connectivity index is 2.75. The van der Waals surface area contributed by atoms with Crippen LogP contribution in [0.5, 0.6) is 0 Å². The van der Waals surface area contributed by atoms with E-state index in [1.807, 2.05) is 0 Å². The summed E-state index contributed by atoms with van der Waals surface area (Å²) in [5, 5.41) is 26.4. The van der Waals surface area contributed by atoms with Crippen LogP contribution in [0.4, 0.5) is 0 Å². The van der Waals surface area contributed by atoms with E-state index >= 15 is 0 Å². The van der Waals surface area contributed by atoms with E-state index in [0.717, 1.165) is 0 Å².